The lowest BCUT2D eigenvalue weighted by atomic mass is 10.1. The number of aromatic nitrogens is 4. The zero-order valence-electron chi connectivity index (χ0n) is 13.9. The number of nitrogens with zero attached hydrogens (tertiary/aromatic N) is 4. The second-order valence-corrected chi connectivity index (χ2v) is 6.02. The molecular formula is C15H18F3N5O2. The average molecular weight is 357 g/mol. The molecule has 3 rings (SSSR count). The molecule has 0 aromatic carbocycles. The SMILES string of the molecule is Cc1nc2nc(C(F)(F)F)nn2c(C)c1CC(=O)NC[C@H]1CCCO1. The van der Waals surface area contributed by atoms with Gasteiger partial charge >= 0.3 is 6.18 Å². The second kappa shape index (κ2) is 6.58. The van der Waals surface area contributed by atoms with Gasteiger partial charge in [0.15, 0.2) is 0 Å². The largest absolute Gasteiger partial charge is 0.453 e. The van der Waals surface area contributed by atoms with Crippen LogP contribution in [0.15, 0.2) is 0 Å². The van der Waals surface area contributed by atoms with Crippen molar-refractivity contribution in [3.05, 3.63) is 22.8 Å². The molecule has 7 nitrogen and oxygen atoms in total. The van der Waals surface area contributed by atoms with Gasteiger partial charge in [-0.15, -0.1) is 5.10 Å². The standard InChI is InChI=1S/C15H18F3N5O2/c1-8-11(6-12(24)19-7-10-4-3-5-25-10)9(2)23-14(20-8)21-13(22-23)15(16,17)18/h10H,3-7H2,1-2H3,(H,19,24)/t10-/m1/s1. The molecule has 1 aliphatic heterocycles. The fourth-order valence-corrected chi connectivity index (χ4v) is 2.84. The smallest absolute Gasteiger partial charge is 0.376 e. The van der Waals surface area contributed by atoms with Gasteiger partial charge in [-0.25, -0.2) is 9.50 Å². The highest BCUT2D eigenvalue weighted by Crippen LogP contribution is 2.27. The van der Waals surface area contributed by atoms with Gasteiger partial charge in [-0.1, -0.05) is 0 Å². The minimum atomic E-state index is -4.65. The number of aryl methyl sites for hydroxylation is 2. The second-order valence-electron chi connectivity index (χ2n) is 6.02. The summed E-state index contributed by atoms with van der Waals surface area (Å²) in [7, 11) is 0. The molecule has 10 heteroatoms. The molecule has 3 heterocycles. The minimum absolute atomic E-state index is 0.00847. The number of rotatable bonds is 4. The zero-order valence-corrected chi connectivity index (χ0v) is 13.9. The highest BCUT2D eigenvalue weighted by atomic mass is 19.4. The van der Waals surface area contributed by atoms with Crippen LogP contribution in [0.2, 0.25) is 0 Å². The summed E-state index contributed by atoms with van der Waals surface area (Å²) in [5.41, 5.74) is 1.41. The number of amides is 1. The first kappa shape index (κ1) is 17.6. The minimum Gasteiger partial charge on any atom is -0.376 e. The maximum atomic E-state index is 12.8. The Morgan fingerprint density at radius 2 is 2.12 bits per heavy atom. The quantitative estimate of drug-likeness (QED) is 0.899. The third kappa shape index (κ3) is 3.73. The molecule has 1 atom stereocenters. The van der Waals surface area contributed by atoms with Gasteiger partial charge in [-0.3, -0.25) is 4.79 Å². The van der Waals surface area contributed by atoms with Crippen molar-refractivity contribution in [2.75, 3.05) is 13.2 Å². The number of carbonyl (C=O) groups excluding carboxylic acids is 1. The van der Waals surface area contributed by atoms with Gasteiger partial charge in [0.25, 0.3) is 11.6 Å². The molecule has 1 fully saturated rings. The molecule has 136 valence electrons. The summed E-state index contributed by atoms with van der Waals surface area (Å²) in [4.78, 5) is 19.6. The Morgan fingerprint density at radius 1 is 1.36 bits per heavy atom. The first-order chi connectivity index (χ1) is 11.8. The molecule has 25 heavy (non-hydrogen) atoms. The monoisotopic (exact) mass is 357 g/mol. The number of nitrogens with one attached hydrogen (secondary N) is 1. The summed E-state index contributed by atoms with van der Waals surface area (Å²) in [6.07, 6.45) is -2.73. The van der Waals surface area contributed by atoms with E-state index in [9.17, 15) is 18.0 Å². The van der Waals surface area contributed by atoms with E-state index in [2.05, 4.69) is 20.4 Å². The molecule has 0 radical (unpaired) electrons. The van der Waals surface area contributed by atoms with Crippen LogP contribution in [0.5, 0.6) is 0 Å². The van der Waals surface area contributed by atoms with Crippen LogP contribution >= 0.6 is 0 Å². The van der Waals surface area contributed by atoms with Gasteiger partial charge in [0, 0.05) is 30.1 Å². The van der Waals surface area contributed by atoms with Crippen molar-refractivity contribution in [1.82, 2.24) is 24.9 Å². The summed E-state index contributed by atoms with van der Waals surface area (Å²) >= 11 is 0. The Hall–Kier alpha value is -2.23. The highest BCUT2D eigenvalue weighted by molar-refractivity contribution is 5.79. The lowest BCUT2D eigenvalue weighted by Crippen LogP contribution is -2.33. The van der Waals surface area contributed by atoms with E-state index >= 15 is 0 Å². The molecule has 1 saturated heterocycles. The van der Waals surface area contributed by atoms with Gasteiger partial charge in [-0.2, -0.15) is 18.2 Å². The molecule has 2 aromatic heterocycles. The third-order valence-corrected chi connectivity index (χ3v) is 4.19. The zero-order chi connectivity index (χ0) is 18.2. The molecule has 0 bridgehead atoms. The number of hydrogen-bond donors (Lipinski definition) is 1. The van der Waals surface area contributed by atoms with Crippen LogP contribution in [-0.4, -0.2) is 44.7 Å². The third-order valence-electron chi connectivity index (χ3n) is 4.19. The average Bonchev–Trinajstić information content (AvgIpc) is 3.18. The van der Waals surface area contributed by atoms with Crippen LogP contribution in [-0.2, 0) is 22.1 Å². The topological polar surface area (TPSA) is 81.4 Å². The number of alkyl halides is 3. The van der Waals surface area contributed by atoms with E-state index in [1.165, 1.54) is 0 Å². The van der Waals surface area contributed by atoms with E-state index in [0.717, 1.165) is 17.4 Å². The Morgan fingerprint density at radius 3 is 2.76 bits per heavy atom. The van der Waals surface area contributed by atoms with Crippen molar-refractivity contribution in [2.24, 2.45) is 0 Å². The highest BCUT2D eigenvalue weighted by Gasteiger charge is 2.37. The van der Waals surface area contributed by atoms with Crippen molar-refractivity contribution < 1.29 is 22.7 Å². The summed E-state index contributed by atoms with van der Waals surface area (Å²) in [6.45, 7) is 4.36. The Bertz CT molecular complexity index is 797. The van der Waals surface area contributed by atoms with Crippen molar-refractivity contribution >= 4 is 11.7 Å². The summed E-state index contributed by atoms with van der Waals surface area (Å²) in [5, 5.41) is 6.26. The van der Waals surface area contributed by atoms with Gasteiger partial charge in [0.05, 0.1) is 12.5 Å². The summed E-state index contributed by atoms with van der Waals surface area (Å²) in [5.74, 6) is -1.62. The van der Waals surface area contributed by atoms with Gasteiger partial charge < -0.3 is 10.1 Å². The van der Waals surface area contributed by atoms with Crippen LogP contribution in [0.1, 0.15) is 35.6 Å². The molecule has 0 aliphatic carbocycles. The van der Waals surface area contributed by atoms with Gasteiger partial charge in [-0.05, 0) is 26.7 Å². The number of ether oxygens (including phenoxy) is 1. The Kier molecular flexibility index (Phi) is 4.63. The predicted octanol–water partition coefficient (Wildman–Crippen LogP) is 1.60. The van der Waals surface area contributed by atoms with E-state index in [1.54, 1.807) is 13.8 Å². The number of hydrogen-bond acceptors (Lipinski definition) is 5. The van der Waals surface area contributed by atoms with E-state index in [-0.39, 0.29) is 24.2 Å². The van der Waals surface area contributed by atoms with Crippen LogP contribution in [0.3, 0.4) is 0 Å². The van der Waals surface area contributed by atoms with E-state index in [0.29, 0.717) is 30.1 Å². The molecule has 0 unspecified atom stereocenters. The first-order valence-electron chi connectivity index (χ1n) is 7.94. The van der Waals surface area contributed by atoms with Crippen LogP contribution < -0.4 is 5.32 Å². The number of carbonyl (C=O) groups is 1. The van der Waals surface area contributed by atoms with Crippen LogP contribution in [0, 0.1) is 13.8 Å². The molecule has 1 aliphatic rings. The van der Waals surface area contributed by atoms with Crippen LogP contribution in [0.4, 0.5) is 13.2 Å². The molecule has 0 spiro atoms. The Balaban J connectivity index is 1.79. The van der Waals surface area contributed by atoms with Crippen molar-refractivity contribution in [2.45, 2.75) is 45.4 Å². The Labute approximate surface area is 141 Å². The summed E-state index contributed by atoms with van der Waals surface area (Å²) < 4.78 is 44.8. The van der Waals surface area contributed by atoms with Crippen molar-refractivity contribution in [1.29, 1.82) is 0 Å². The molecule has 1 amide bonds. The maximum Gasteiger partial charge on any atom is 0.453 e. The molecule has 2 aromatic rings. The number of fused-ring (bicyclic) bond motifs is 1. The fourth-order valence-electron chi connectivity index (χ4n) is 2.84. The maximum absolute atomic E-state index is 12.8. The molecule has 1 N–H and O–H groups in total. The van der Waals surface area contributed by atoms with E-state index in [1.807, 2.05) is 0 Å². The predicted molar refractivity (Wildman–Crippen MR) is 80.9 cm³/mol. The van der Waals surface area contributed by atoms with E-state index < -0.39 is 12.0 Å². The van der Waals surface area contributed by atoms with Gasteiger partial charge in [0.1, 0.15) is 0 Å². The lowest BCUT2D eigenvalue weighted by Gasteiger charge is -2.13. The molecular weight excluding hydrogens is 339 g/mol. The van der Waals surface area contributed by atoms with Crippen molar-refractivity contribution in [3.8, 4) is 0 Å². The number of halogens is 3. The van der Waals surface area contributed by atoms with Crippen LogP contribution in [0.25, 0.3) is 5.78 Å². The fraction of sp³-hybridized carbons (Fsp3) is 0.600. The lowest BCUT2D eigenvalue weighted by molar-refractivity contribution is -0.144. The van der Waals surface area contributed by atoms with Gasteiger partial charge in [0.2, 0.25) is 5.91 Å². The van der Waals surface area contributed by atoms with Crippen molar-refractivity contribution in [3.63, 3.8) is 0 Å². The normalized spacial score (nSPS) is 18.0. The van der Waals surface area contributed by atoms with E-state index in [4.69, 9.17) is 4.74 Å². The summed E-state index contributed by atoms with van der Waals surface area (Å²) in [6, 6.07) is 0. The molecule has 0 saturated carbocycles. The first-order valence-corrected chi connectivity index (χ1v) is 7.94.